The summed E-state index contributed by atoms with van der Waals surface area (Å²) in [5.41, 5.74) is 3.57. The van der Waals surface area contributed by atoms with Gasteiger partial charge in [-0.3, -0.25) is 9.59 Å². The topological polar surface area (TPSA) is 54.3 Å². The Bertz CT molecular complexity index is 781. The molecule has 1 amide bonds. The van der Waals surface area contributed by atoms with Crippen LogP contribution >= 0.6 is 11.3 Å². The molecule has 0 fully saturated rings. The number of thiazole rings is 1. The van der Waals surface area contributed by atoms with Crippen molar-refractivity contribution in [2.75, 3.05) is 18.0 Å². The maximum Gasteiger partial charge on any atom is 0.307 e. The fourth-order valence-electron chi connectivity index (χ4n) is 3.17. The second kappa shape index (κ2) is 7.21. The first-order valence-electron chi connectivity index (χ1n) is 8.32. The molecular formula is C18H23N3O2S. The highest BCUT2D eigenvalue weighted by atomic mass is 32.1. The van der Waals surface area contributed by atoms with E-state index in [2.05, 4.69) is 41.4 Å². The van der Waals surface area contributed by atoms with Crippen LogP contribution in [-0.4, -0.2) is 29.6 Å². The van der Waals surface area contributed by atoms with E-state index in [1.54, 1.807) is 4.57 Å². The maximum atomic E-state index is 12.1. The van der Waals surface area contributed by atoms with E-state index in [0.717, 1.165) is 18.7 Å². The van der Waals surface area contributed by atoms with Crippen LogP contribution in [0.4, 0.5) is 5.69 Å². The molecule has 5 nitrogen and oxygen atoms in total. The maximum absolute atomic E-state index is 12.1. The molecule has 6 heteroatoms. The van der Waals surface area contributed by atoms with Crippen LogP contribution in [0.25, 0.3) is 0 Å². The number of carbonyl (C=O) groups excluding carboxylic acids is 1. The van der Waals surface area contributed by atoms with Gasteiger partial charge in [0.2, 0.25) is 5.91 Å². The van der Waals surface area contributed by atoms with Crippen LogP contribution < -0.4 is 15.1 Å². The molecule has 1 N–H and O–H groups in total. The van der Waals surface area contributed by atoms with Gasteiger partial charge in [0.05, 0.1) is 0 Å². The Morgan fingerprint density at radius 2 is 2.17 bits per heavy atom. The molecule has 0 saturated carbocycles. The smallest absolute Gasteiger partial charge is 0.307 e. The van der Waals surface area contributed by atoms with Gasteiger partial charge in [0, 0.05) is 48.9 Å². The number of para-hydroxylation sites is 1. The van der Waals surface area contributed by atoms with Gasteiger partial charge in [0.25, 0.3) is 0 Å². The van der Waals surface area contributed by atoms with Gasteiger partial charge in [-0.25, -0.2) is 0 Å². The largest absolute Gasteiger partial charge is 0.366 e. The van der Waals surface area contributed by atoms with E-state index in [4.69, 9.17) is 0 Å². The Labute approximate surface area is 145 Å². The van der Waals surface area contributed by atoms with E-state index in [9.17, 15) is 9.59 Å². The molecule has 0 aliphatic carbocycles. The van der Waals surface area contributed by atoms with Gasteiger partial charge in [-0.05, 0) is 31.9 Å². The summed E-state index contributed by atoms with van der Waals surface area (Å²) >= 11 is 1.18. The molecule has 3 rings (SSSR count). The Morgan fingerprint density at radius 1 is 1.38 bits per heavy atom. The van der Waals surface area contributed by atoms with Gasteiger partial charge in [0.15, 0.2) is 0 Å². The molecule has 2 heterocycles. The summed E-state index contributed by atoms with van der Waals surface area (Å²) in [6, 6.07) is 8.70. The molecule has 0 saturated heterocycles. The van der Waals surface area contributed by atoms with Crippen molar-refractivity contribution >= 4 is 22.9 Å². The first-order chi connectivity index (χ1) is 11.6. The number of amides is 1. The van der Waals surface area contributed by atoms with Crippen LogP contribution in [0.15, 0.2) is 34.4 Å². The fourth-order valence-corrected chi connectivity index (χ4v) is 3.93. The van der Waals surface area contributed by atoms with Gasteiger partial charge in [-0.2, -0.15) is 0 Å². The molecular weight excluding hydrogens is 322 g/mol. The number of rotatable bonds is 6. The number of carbonyl (C=O) groups is 1. The van der Waals surface area contributed by atoms with Gasteiger partial charge < -0.3 is 14.8 Å². The molecule has 24 heavy (non-hydrogen) atoms. The summed E-state index contributed by atoms with van der Waals surface area (Å²) < 4.78 is 1.66. The van der Waals surface area contributed by atoms with E-state index in [0.29, 0.717) is 19.5 Å². The van der Waals surface area contributed by atoms with E-state index in [1.165, 1.54) is 22.6 Å². The van der Waals surface area contributed by atoms with Crippen molar-refractivity contribution < 1.29 is 4.79 Å². The predicted molar refractivity (Wildman–Crippen MR) is 97.9 cm³/mol. The predicted octanol–water partition coefficient (Wildman–Crippen LogP) is 2.18. The van der Waals surface area contributed by atoms with Crippen molar-refractivity contribution in [2.24, 2.45) is 0 Å². The highest BCUT2D eigenvalue weighted by Gasteiger charge is 2.23. The zero-order chi connectivity index (χ0) is 17.1. The lowest BCUT2D eigenvalue weighted by Gasteiger charge is -2.27. The molecule has 0 unspecified atom stereocenters. The Morgan fingerprint density at radius 3 is 2.92 bits per heavy atom. The van der Waals surface area contributed by atoms with Gasteiger partial charge in [-0.1, -0.05) is 29.5 Å². The molecule has 1 aliphatic rings. The zero-order valence-corrected chi connectivity index (χ0v) is 14.9. The third-order valence-corrected chi connectivity index (χ3v) is 5.47. The highest BCUT2D eigenvalue weighted by molar-refractivity contribution is 7.07. The van der Waals surface area contributed by atoms with Crippen molar-refractivity contribution in [2.45, 2.75) is 39.3 Å². The number of aromatic nitrogens is 1. The third kappa shape index (κ3) is 3.53. The minimum atomic E-state index is -0.00756. The minimum Gasteiger partial charge on any atom is -0.366 e. The van der Waals surface area contributed by atoms with Crippen molar-refractivity contribution in [3.05, 3.63) is 50.6 Å². The monoisotopic (exact) mass is 345 g/mol. The summed E-state index contributed by atoms with van der Waals surface area (Å²) in [6.07, 6.45) is 1.40. The summed E-state index contributed by atoms with van der Waals surface area (Å²) in [4.78, 5) is 26.1. The van der Waals surface area contributed by atoms with Crippen molar-refractivity contribution in [1.82, 2.24) is 9.88 Å². The number of hydrogen-bond acceptors (Lipinski definition) is 4. The number of nitrogens with one attached hydrogen (secondary N) is 1. The van der Waals surface area contributed by atoms with E-state index >= 15 is 0 Å². The summed E-state index contributed by atoms with van der Waals surface area (Å²) in [6.45, 7) is 6.09. The van der Waals surface area contributed by atoms with Crippen LogP contribution in [0.5, 0.6) is 0 Å². The third-order valence-electron chi connectivity index (χ3n) is 4.59. The fraction of sp³-hybridized carbons (Fsp3) is 0.444. The summed E-state index contributed by atoms with van der Waals surface area (Å²) in [5.74, 6) is -0.00756. The average molecular weight is 345 g/mol. The highest BCUT2D eigenvalue weighted by Crippen LogP contribution is 2.28. The van der Waals surface area contributed by atoms with Gasteiger partial charge in [-0.15, -0.1) is 0 Å². The Balaban J connectivity index is 1.49. The Hall–Kier alpha value is -2.08. The molecule has 1 aromatic carbocycles. The molecule has 1 aromatic heterocycles. The lowest BCUT2D eigenvalue weighted by atomic mass is 10.2. The van der Waals surface area contributed by atoms with Crippen molar-refractivity contribution in [1.29, 1.82) is 0 Å². The van der Waals surface area contributed by atoms with Gasteiger partial charge >= 0.3 is 4.87 Å². The van der Waals surface area contributed by atoms with Crippen molar-refractivity contribution in [3.8, 4) is 0 Å². The number of hydrogen-bond donors (Lipinski definition) is 1. The molecule has 0 bridgehead atoms. The number of fused-ring (bicyclic) bond motifs is 1. The van der Waals surface area contributed by atoms with E-state index in [-0.39, 0.29) is 16.8 Å². The number of nitrogens with zero attached hydrogens (tertiary/aromatic N) is 2. The lowest BCUT2D eigenvalue weighted by Crippen LogP contribution is -2.41. The molecule has 0 spiro atoms. The second-order valence-electron chi connectivity index (χ2n) is 6.27. The van der Waals surface area contributed by atoms with E-state index < -0.39 is 0 Å². The molecule has 0 radical (unpaired) electrons. The average Bonchev–Trinajstić information content (AvgIpc) is 3.15. The van der Waals surface area contributed by atoms with Crippen LogP contribution in [0.1, 0.15) is 24.6 Å². The quantitative estimate of drug-likeness (QED) is 0.873. The first kappa shape index (κ1) is 16.8. The normalized spacial score (nSPS) is 14.5. The SMILES string of the molecule is Cc1csc(=O)n1CCC(=O)NC[C@@H](C)N1CCc2ccccc21. The molecule has 1 aliphatic heterocycles. The molecule has 2 aromatic rings. The van der Waals surface area contributed by atoms with Crippen LogP contribution in [0, 0.1) is 6.92 Å². The number of anilines is 1. The van der Waals surface area contributed by atoms with Crippen LogP contribution in [0.2, 0.25) is 0 Å². The van der Waals surface area contributed by atoms with E-state index in [1.807, 2.05) is 12.3 Å². The van der Waals surface area contributed by atoms with Crippen molar-refractivity contribution in [3.63, 3.8) is 0 Å². The van der Waals surface area contributed by atoms with Gasteiger partial charge in [0.1, 0.15) is 0 Å². The standard InChI is InChI=1S/C18H23N3O2S/c1-13(20-9-7-15-5-3-4-6-16(15)20)11-19-17(22)8-10-21-14(2)12-24-18(21)23/h3-6,12-13H,7-11H2,1-2H3,(H,19,22)/t13-/m1/s1. The Kier molecular flexibility index (Phi) is 5.04. The second-order valence-corrected chi connectivity index (χ2v) is 7.09. The van der Waals surface area contributed by atoms with Crippen LogP contribution in [-0.2, 0) is 17.8 Å². The molecule has 1 atom stereocenters. The summed E-state index contributed by atoms with van der Waals surface area (Å²) in [5, 5.41) is 4.83. The molecule has 128 valence electrons. The first-order valence-corrected chi connectivity index (χ1v) is 9.20. The summed E-state index contributed by atoms with van der Waals surface area (Å²) in [7, 11) is 0. The number of benzene rings is 1. The lowest BCUT2D eigenvalue weighted by molar-refractivity contribution is -0.121. The zero-order valence-electron chi connectivity index (χ0n) is 14.1. The van der Waals surface area contributed by atoms with Crippen LogP contribution in [0.3, 0.4) is 0 Å². The minimum absolute atomic E-state index is 0.00217. The number of aryl methyl sites for hydroxylation is 1.